The van der Waals surface area contributed by atoms with Crippen molar-refractivity contribution in [1.29, 1.82) is 0 Å². The third-order valence-electron chi connectivity index (χ3n) is 3.58. The molecule has 0 saturated carbocycles. The van der Waals surface area contributed by atoms with E-state index in [2.05, 4.69) is 29.6 Å². The molecule has 2 rings (SSSR count). The SMILES string of the molecule is CSc1ccc(CN(C)CC(=O)Nc2cccc(C(C)=O)c2)cc1. The largest absolute Gasteiger partial charge is 0.325 e. The molecule has 24 heavy (non-hydrogen) atoms. The van der Waals surface area contributed by atoms with Crippen molar-refractivity contribution in [2.75, 3.05) is 25.2 Å². The number of carbonyl (C=O) groups is 2. The van der Waals surface area contributed by atoms with Crippen LogP contribution in [-0.2, 0) is 11.3 Å². The summed E-state index contributed by atoms with van der Waals surface area (Å²) in [6, 6.07) is 15.3. The fourth-order valence-electron chi connectivity index (χ4n) is 2.36. The predicted octanol–water partition coefficient (Wildman–Crippen LogP) is 3.68. The second-order valence-electron chi connectivity index (χ2n) is 5.71. The monoisotopic (exact) mass is 342 g/mol. The molecular formula is C19H22N2O2S. The van der Waals surface area contributed by atoms with Crippen LogP contribution >= 0.6 is 11.8 Å². The van der Waals surface area contributed by atoms with Crippen molar-refractivity contribution in [1.82, 2.24) is 4.90 Å². The van der Waals surface area contributed by atoms with E-state index in [4.69, 9.17) is 0 Å². The maximum Gasteiger partial charge on any atom is 0.238 e. The van der Waals surface area contributed by atoms with E-state index in [9.17, 15) is 9.59 Å². The summed E-state index contributed by atoms with van der Waals surface area (Å²) in [5.74, 6) is -0.115. The fraction of sp³-hybridized carbons (Fsp3) is 0.263. The van der Waals surface area contributed by atoms with Gasteiger partial charge in [-0.25, -0.2) is 0 Å². The van der Waals surface area contributed by atoms with Crippen LogP contribution in [0.25, 0.3) is 0 Å². The predicted molar refractivity (Wildman–Crippen MR) is 99.6 cm³/mol. The molecule has 0 aliphatic carbocycles. The number of likely N-dealkylation sites (N-methyl/N-ethyl adjacent to an activating group) is 1. The number of thioether (sulfide) groups is 1. The fourth-order valence-corrected chi connectivity index (χ4v) is 2.77. The lowest BCUT2D eigenvalue weighted by Crippen LogP contribution is -2.29. The van der Waals surface area contributed by atoms with Crippen LogP contribution in [0, 0.1) is 0 Å². The summed E-state index contributed by atoms with van der Waals surface area (Å²) in [7, 11) is 1.91. The Morgan fingerprint density at radius 3 is 2.46 bits per heavy atom. The lowest BCUT2D eigenvalue weighted by molar-refractivity contribution is -0.117. The molecular weight excluding hydrogens is 320 g/mol. The normalized spacial score (nSPS) is 10.7. The number of benzene rings is 2. The number of rotatable bonds is 7. The van der Waals surface area contributed by atoms with Gasteiger partial charge in [0.1, 0.15) is 0 Å². The number of hydrogen-bond acceptors (Lipinski definition) is 4. The van der Waals surface area contributed by atoms with E-state index in [1.54, 1.807) is 36.0 Å². The Bertz CT molecular complexity index is 714. The molecule has 0 bridgehead atoms. The first-order chi connectivity index (χ1) is 11.5. The number of nitrogens with zero attached hydrogens (tertiary/aromatic N) is 1. The highest BCUT2D eigenvalue weighted by Gasteiger charge is 2.09. The zero-order valence-corrected chi connectivity index (χ0v) is 15.0. The number of carbonyl (C=O) groups excluding carboxylic acids is 2. The maximum atomic E-state index is 12.2. The Morgan fingerprint density at radius 1 is 1.12 bits per heavy atom. The van der Waals surface area contributed by atoms with E-state index in [1.807, 2.05) is 18.2 Å². The van der Waals surface area contributed by atoms with Crippen molar-refractivity contribution in [3.8, 4) is 0 Å². The van der Waals surface area contributed by atoms with Crippen molar-refractivity contribution >= 4 is 29.1 Å². The second kappa shape index (κ2) is 8.66. The van der Waals surface area contributed by atoms with Crippen LogP contribution in [0.15, 0.2) is 53.4 Å². The molecule has 0 aromatic heterocycles. The summed E-state index contributed by atoms with van der Waals surface area (Å²) in [6.45, 7) is 2.50. The minimum absolute atomic E-state index is 0.0168. The summed E-state index contributed by atoms with van der Waals surface area (Å²) >= 11 is 1.71. The Hall–Kier alpha value is -2.11. The molecule has 0 aliphatic rings. The van der Waals surface area contributed by atoms with Crippen molar-refractivity contribution < 1.29 is 9.59 Å². The molecule has 0 unspecified atom stereocenters. The van der Waals surface area contributed by atoms with Gasteiger partial charge >= 0.3 is 0 Å². The lowest BCUT2D eigenvalue weighted by Gasteiger charge is -2.16. The molecule has 0 spiro atoms. The van der Waals surface area contributed by atoms with Crippen LogP contribution in [0.1, 0.15) is 22.8 Å². The molecule has 1 amide bonds. The number of nitrogens with one attached hydrogen (secondary N) is 1. The van der Waals surface area contributed by atoms with Crippen LogP contribution in [0.4, 0.5) is 5.69 Å². The summed E-state index contributed by atoms with van der Waals surface area (Å²) in [5.41, 5.74) is 2.40. The molecule has 0 aliphatic heterocycles. The maximum absolute atomic E-state index is 12.2. The number of ketones is 1. The first-order valence-corrected chi connectivity index (χ1v) is 8.92. The molecule has 0 fully saturated rings. The zero-order chi connectivity index (χ0) is 17.5. The second-order valence-corrected chi connectivity index (χ2v) is 6.59. The Labute approximate surface area is 147 Å². The van der Waals surface area contributed by atoms with Gasteiger partial charge in [0.05, 0.1) is 6.54 Å². The quantitative estimate of drug-likeness (QED) is 0.616. The topological polar surface area (TPSA) is 49.4 Å². The van der Waals surface area contributed by atoms with Crippen molar-refractivity contribution in [3.05, 3.63) is 59.7 Å². The molecule has 5 heteroatoms. The van der Waals surface area contributed by atoms with Crippen LogP contribution < -0.4 is 5.32 Å². The average molecular weight is 342 g/mol. The average Bonchev–Trinajstić information content (AvgIpc) is 2.55. The number of amides is 1. The van der Waals surface area contributed by atoms with Crippen LogP contribution in [0.2, 0.25) is 0 Å². The zero-order valence-electron chi connectivity index (χ0n) is 14.2. The van der Waals surface area contributed by atoms with Gasteiger partial charge in [-0.05, 0) is 50.1 Å². The van der Waals surface area contributed by atoms with Crippen LogP contribution in [0.3, 0.4) is 0 Å². The minimum atomic E-state index is -0.0982. The molecule has 0 radical (unpaired) electrons. The summed E-state index contributed by atoms with van der Waals surface area (Å²) in [6.07, 6.45) is 2.05. The van der Waals surface area contributed by atoms with Gasteiger partial charge < -0.3 is 5.32 Å². The van der Waals surface area contributed by atoms with Crippen molar-refractivity contribution in [2.24, 2.45) is 0 Å². The van der Waals surface area contributed by atoms with E-state index in [0.717, 1.165) is 0 Å². The third kappa shape index (κ3) is 5.51. The van der Waals surface area contributed by atoms with Gasteiger partial charge in [-0.2, -0.15) is 0 Å². The molecule has 0 heterocycles. The molecule has 126 valence electrons. The molecule has 2 aromatic carbocycles. The van der Waals surface area contributed by atoms with Gasteiger partial charge in [-0.15, -0.1) is 11.8 Å². The van der Waals surface area contributed by atoms with E-state index in [0.29, 0.717) is 17.8 Å². The Kier molecular flexibility index (Phi) is 6.58. The van der Waals surface area contributed by atoms with E-state index in [-0.39, 0.29) is 18.2 Å². The number of hydrogen-bond donors (Lipinski definition) is 1. The third-order valence-corrected chi connectivity index (χ3v) is 4.32. The lowest BCUT2D eigenvalue weighted by atomic mass is 10.1. The first-order valence-electron chi connectivity index (χ1n) is 7.70. The highest BCUT2D eigenvalue weighted by Crippen LogP contribution is 2.16. The van der Waals surface area contributed by atoms with Gasteiger partial charge in [0.15, 0.2) is 5.78 Å². The minimum Gasteiger partial charge on any atom is -0.325 e. The Balaban J connectivity index is 1.89. The highest BCUT2D eigenvalue weighted by atomic mass is 32.2. The van der Waals surface area contributed by atoms with Crippen LogP contribution in [-0.4, -0.2) is 36.4 Å². The summed E-state index contributed by atoms with van der Waals surface area (Å²) in [4.78, 5) is 26.7. The Morgan fingerprint density at radius 2 is 1.83 bits per heavy atom. The van der Waals surface area contributed by atoms with Gasteiger partial charge in [0.2, 0.25) is 5.91 Å². The van der Waals surface area contributed by atoms with E-state index < -0.39 is 0 Å². The summed E-state index contributed by atoms with van der Waals surface area (Å²) < 4.78 is 0. The van der Waals surface area contributed by atoms with Crippen molar-refractivity contribution in [3.63, 3.8) is 0 Å². The summed E-state index contributed by atoms with van der Waals surface area (Å²) in [5, 5.41) is 2.84. The smallest absolute Gasteiger partial charge is 0.238 e. The standard InChI is InChI=1S/C19H22N2O2S/c1-14(22)16-5-4-6-17(11-16)20-19(23)13-21(2)12-15-7-9-18(24-3)10-8-15/h4-11H,12-13H2,1-3H3,(H,20,23). The number of Topliss-reactive ketones (excluding diaryl/α,β-unsaturated/α-hetero) is 1. The first kappa shape index (κ1) is 18.2. The van der Waals surface area contributed by atoms with Gasteiger partial charge in [-0.3, -0.25) is 14.5 Å². The molecule has 4 nitrogen and oxygen atoms in total. The van der Waals surface area contributed by atoms with E-state index >= 15 is 0 Å². The van der Waals surface area contributed by atoms with Crippen molar-refractivity contribution in [2.45, 2.75) is 18.4 Å². The van der Waals surface area contributed by atoms with Gasteiger partial charge in [0, 0.05) is 22.7 Å². The number of anilines is 1. The van der Waals surface area contributed by atoms with E-state index in [1.165, 1.54) is 17.4 Å². The molecule has 0 atom stereocenters. The van der Waals surface area contributed by atoms with Crippen LogP contribution in [0.5, 0.6) is 0 Å². The molecule has 0 saturated heterocycles. The van der Waals surface area contributed by atoms with Gasteiger partial charge in [-0.1, -0.05) is 24.3 Å². The highest BCUT2D eigenvalue weighted by molar-refractivity contribution is 7.98. The molecule has 1 N–H and O–H groups in total. The molecule has 2 aromatic rings. The van der Waals surface area contributed by atoms with Gasteiger partial charge in [0.25, 0.3) is 0 Å².